The van der Waals surface area contributed by atoms with Crippen molar-refractivity contribution in [3.05, 3.63) is 52.8 Å². The van der Waals surface area contributed by atoms with Gasteiger partial charge in [-0.2, -0.15) is 15.3 Å². The van der Waals surface area contributed by atoms with Crippen LogP contribution in [-0.4, -0.2) is 40.4 Å². The minimum Gasteiger partial charge on any atom is -0.462 e. The Labute approximate surface area is 213 Å². The lowest BCUT2D eigenvalue weighted by Gasteiger charge is -2.24. The van der Waals surface area contributed by atoms with Gasteiger partial charge in [0.25, 0.3) is 0 Å². The van der Waals surface area contributed by atoms with Crippen molar-refractivity contribution < 1.29 is 32.3 Å². The summed E-state index contributed by atoms with van der Waals surface area (Å²) >= 11 is 0. The summed E-state index contributed by atoms with van der Waals surface area (Å²) in [6.45, 7) is 6.03. The number of esters is 1. The molecule has 14 heteroatoms. The van der Waals surface area contributed by atoms with Crippen molar-refractivity contribution in [2.75, 3.05) is 12.3 Å². The zero-order valence-corrected chi connectivity index (χ0v) is 21.7. The lowest BCUT2D eigenvalue weighted by Crippen LogP contribution is -2.36. The Kier molecular flexibility index (Phi) is 8.71. The Morgan fingerprint density at radius 3 is 2.65 bits per heavy atom. The van der Waals surface area contributed by atoms with Crippen LogP contribution in [0, 0.1) is 22.6 Å². The molecule has 3 N–H and O–H groups in total. The average Bonchev–Trinajstić information content (AvgIpc) is 3.16. The first kappa shape index (κ1) is 28.3. The summed E-state index contributed by atoms with van der Waals surface area (Å²) in [4.78, 5) is 28.3. The van der Waals surface area contributed by atoms with Crippen LogP contribution in [0.15, 0.2) is 41.3 Å². The van der Waals surface area contributed by atoms with Crippen LogP contribution in [0.25, 0.3) is 0 Å². The third-order valence-corrected chi connectivity index (χ3v) is 7.05. The van der Waals surface area contributed by atoms with Crippen LogP contribution >= 0.6 is 7.75 Å². The number of nitrogens with two attached hydrogens (primary N) is 1. The normalized spacial score (nSPS) is 23.7. The van der Waals surface area contributed by atoms with E-state index in [0.717, 1.165) is 16.7 Å². The summed E-state index contributed by atoms with van der Waals surface area (Å²) in [6, 6.07) is 7.19. The van der Waals surface area contributed by atoms with Crippen LogP contribution in [0.4, 0.5) is 10.2 Å². The van der Waals surface area contributed by atoms with Crippen LogP contribution in [0.5, 0.6) is 5.75 Å². The number of nitrogens with zero attached hydrogens (tertiary/aromatic N) is 3. The lowest BCUT2D eigenvalue weighted by atomic mass is 9.87. The van der Waals surface area contributed by atoms with Crippen LogP contribution in [-0.2, 0) is 23.4 Å². The molecule has 0 radical (unpaired) electrons. The van der Waals surface area contributed by atoms with Crippen molar-refractivity contribution in [2.24, 2.45) is 5.41 Å². The molecule has 0 aliphatic carbocycles. The number of halogens is 1. The van der Waals surface area contributed by atoms with Crippen molar-refractivity contribution in [3.8, 4) is 11.8 Å². The second-order valence-corrected chi connectivity index (χ2v) is 10.8. The number of ether oxygens (including phenoxy) is 2. The van der Waals surface area contributed by atoms with E-state index in [-0.39, 0.29) is 24.6 Å². The summed E-state index contributed by atoms with van der Waals surface area (Å²) in [7, 11) is -4.25. The Hall–Kier alpha value is -3.30. The molecule has 5 atom stereocenters. The molecule has 0 saturated carbocycles. The van der Waals surface area contributed by atoms with Crippen molar-refractivity contribution in [3.63, 3.8) is 0 Å². The fourth-order valence-corrected chi connectivity index (χ4v) is 5.18. The summed E-state index contributed by atoms with van der Waals surface area (Å²) in [5.41, 5.74) is 3.70. The molecule has 1 unspecified atom stereocenters. The van der Waals surface area contributed by atoms with Gasteiger partial charge in [0.1, 0.15) is 28.8 Å². The first-order valence-electron chi connectivity index (χ1n) is 11.4. The second kappa shape index (κ2) is 11.4. The Balaban J connectivity index is 1.79. The number of benzene rings is 1. The van der Waals surface area contributed by atoms with Crippen LogP contribution in [0.1, 0.15) is 40.3 Å². The standard InChI is InChI=1S/C23H29FN5O7P/c1-14(2)34-20(30)15(3)28-37(32,36-17-7-5-16(24)6-8-17)33-12-18-11-23(4,13-25)21(35-18)29-10-9-19(26)27-22(29)31/h5-10,14-15,18,21H,11-12H2,1-4H3,(H,28,32)(H2,26,27,31)/t15-,18-,21+,23-,37?/m0/s1. The molecule has 0 spiro atoms. The third kappa shape index (κ3) is 7.14. The molecule has 12 nitrogen and oxygen atoms in total. The number of nitrogen functional groups attached to an aromatic ring is 1. The lowest BCUT2D eigenvalue weighted by molar-refractivity contribution is -0.149. The molecule has 1 fully saturated rings. The zero-order chi connectivity index (χ0) is 27.4. The molecule has 2 heterocycles. The van der Waals surface area contributed by atoms with Gasteiger partial charge < -0.3 is 19.7 Å². The molecule has 200 valence electrons. The van der Waals surface area contributed by atoms with Crippen molar-refractivity contribution in [1.29, 1.82) is 5.26 Å². The molecule has 1 aromatic carbocycles. The molecule has 1 saturated heterocycles. The Morgan fingerprint density at radius 1 is 1.38 bits per heavy atom. The molecule has 1 aliphatic rings. The van der Waals surface area contributed by atoms with E-state index in [1.165, 1.54) is 31.3 Å². The van der Waals surface area contributed by atoms with Crippen molar-refractivity contribution >= 4 is 19.5 Å². The van der Waals surface area contributed by atoms with Crippen LogP contribution in [0.2, 0.25) is 0 Å². The highest BCUT2D eigenvalue weighted by Crippen LogP contribution is 2.48. The fraction of sp³-hybridized carbons (Fsp3) is 0.478. The van der Waals surface area contributed by atoms with Gasteiger partial charge in [0.15, 0.2) is 6.23 Å². The number of aromatic nitrogens is 2. The van der Waals surface area contributed by atoms with Gasteiger partial charge in [0.2, 0.25) is 0 Å². The summed E-state index contributed by atoms with van der Waals surface area (Å²) in [5, 5.41) is 12.3. The Bertz CT molecular complexity index is 1270. The maximum absolute atomic E-state index is 13.6. The van der Waals surface area contributed by atoms with E-state index in [0.29, 0.717) is 0 Å². The fourth-order valence-electron chi connectivity index (χ4n) is 3.66. The molecule has 0 amide bonds. The Morgan fingerprint density at radius 2 is 2.05 bits per heavy atom. The van der Waals surface area contributed by atoms with Crippen LogP contribution in [0.3, 0.4) is 0 Å². The largest absolute Gasteiger partial charge is 0.462 e. The van der Waals surface area contributed by atoms with E-state index < -0.39 is 55.1 Å². The number of nitrogens with one attached hydrogen (secondary N) is 1. The topological polar surface area (TPSA) is 168 Å². The molecular weight excluding hydrogens is 508 g/mol. The maximum atomic E-state index is 13.6. The van der Waals surface area contributed by atoms with E-state index in [2.05, 4.69) is 16.1 Å². The van der Waals surface area contributed by atoms with Gasteiger partial charge in [-0.25, -0.2) is 13.8 Å². The first-order chi connectivity index (χ1) is 17.3. The second-order valence-electron chi connectivity index (χ2n) is 9.06. The molecule has 1 aromatic heterocycles. The molecule has 2 aromatic rings. The highest BCUT2D eigenvalue weighted by atomic mass is 31.2. The number of hydrogen-bond donors (Lipinski definition) is 2. The van der Waals surface area contributed by atoms with E-state index in [4.69, 9.17) is 24.3 Å². The van der Waals surface area contributed by atoms with Gasteiger partial charge in [-0.15, -0.1) is 0 Å². The van der Waals surface area contributed by atoms with E-state index in [1.54, 1.807) is 20.8 Å². The van der Waals surface area contributed by atoms with E-state index in [9.17, 15) is 23.8 Å². The van der Waals surface area contributed by atoms with Gasteiger partial charge in [0.05, 0.1) is 24.9 Å². The van der Waals surface area contributed by atoms with Crippen molar-refractivity contribution in [2.45, 2.75) is 58.6 Å². The number of rotatable bonds is 10. The van der Waals surface area contributed by atoms with Gasteiger partial charge in [-0.3, -0.25) is 13.9 Å². The molecular formula is C23H29FN5O7P. The number of hydrogen-bond acceptors (Lipinski definition) is 10. The summed E-state index contributed by atoms with van der Waals surface area (Å²) in [6.07, 6.45) is -0.720. The van der Waals surface area contributed by atoms with E-state index >= 15 is 0 Å². The zero-order valence-electron chi connectivity index (χ0n) is 20.8. The van der Waals surface area contributed by atoms with Crippen LogP contribution < -0.4 is 21.0 Å². The van der Waals surface area contributed by atoms with Gasteiger partial charge in [-0.1, -0.05) is 0 Å². The first-order valence-corrected chi connectivity index (χ1v) is 13.0. The third-order valence-electron chi connectivity index (χ3n) is 5.40. The number of carbonyl (C=O) groups excluding carboxylic acids is 1. The monoisotopic (exact) mass is 537 g/mol. The predicted molar refractivity (Wildman–Crippen MR) is 130 cm³/mol. The quantitative estimate of drug-likeness (QED) is 0.338. The molecule has 0 bridgehead atoms. The predicted octanol–water partition coefficient (Wildman–Crippen LogP) is 2.92. The van der Waals surface area contributed by atoms with Gasteiger partial charge in [-0.05, 0) is 64.4 Å². The smallest absolute Gasteiger partial charge is 0.459 e. The summed E-state index contributed by atoms with van der Waals surface area (Å²) < 4.78 is 50.3. The number of carbonyl (C=O) groups is 1. The van der Waals surface area contributed by atoms with Crippen molar-refractivity contribution in [1.82, 2.24) is 14.6 Å². The number of nitriles is 1. The molecule has 1 aliphatic heterocycles. The van der Waals surface area contributed by atoms with Gasteiger partial charge in [0, 0.05) is 6.20 Å². The average molecular weight is 537 g/mol. The summed E-state index contributed by atoms with van der Waals surface area (Å²) in [5.74, 6) is -1.18. The highest BCUT2D eigenvalue weighted by molar-refractivity contribution is 7.52. The number of anilines is 1. The highest BCUT2D eigenvalue weighted by Gasteiger charge is 2.48. The molecule has 37 heavy (non-hydrogen) atoms. The minimum atomic E-state index is -4.25. The molecule has 3 rings (SSSR count). The maximum Gasteiger partial charge on any atom is 0.459 e. The van der Waals surface area contributed by atoms with E-state index in [1.807, 2.05) is 0 Å². The SMILES string of the molecule is CC(C)OC(=O)[C@H](C)NP(=O)(OC[C@@H]1C[C@@](C)(C#N)[C@H](n2ccc(N)nc2=O)O1)Oc1ccc(F)cc1. The minimum absolute atomic E-state index is 0.0212. The van der Waals surface area contributed by atoms with Gasteiger partial charge >= 0.3 is 19.4 Å².